The molecule has 0 saturated heterocycles. The Labute approximate surface area is 131 Å². The molecular formula is C16H25N3OS. The highest BCUT2D eigenvalue weighted by Crippen LogP contribution is 2.26. The number of nitrogens with one attached hydrogen (secondary N) is 2. The molecule has 1 amide bonds. The van der Waals surface area contributed by atoms with Crippen molar-refractivity contribution in [2.24, 2.45) is 0 Å². The van der Waals surface area contributed by atoms with Gasteiger partial charge in [-0.2, -0.15) is 11.8 Å². The molecule has 0 unspecified atom stereocenters. The van der Waals surface area contributed by atoms with Gasteiger partial charge in [-0.25, -0.2) is 4.98 Å². The largest absolute Gasteiger partial charge is 0.384 e. The van der Waals surface area contributed by atoms with E-state index in [0.717, 1.165) is 36.7 Å². The van der Waals surface area contributed by atoms with E-state index in [1.165, 1.54) is 12.8 Å². The molecule has 0 atom stereocenters. The highest BCUT2D eigenvalue weighted by atomic mass is 32.2. The van der Waals surface area contributed by atoms with E-state index < -0.39 is 0 Å². The quantitative estimate of drug-likeness (QED) is 0.846. The minimum atomic E-state index is -0.0513. The third-order valence-electron chi connectivity index (χ3n) is 3.92. The van der Waals surface area contributed by atoms with Gasteiger partial charge in [0, 0.05) is 17.8 Å². The van der Waals surface area contributed by atoms with Crippen molar-refractivity contribution in [3.05, 3.63) is 24.0 Å². The van der Waals surface area contributed by atoms with E-state index in [9.17, 15) is 4.79 Å². The van der Waals surface area contributed by atoms with Gasteiger partial charge in [-0.05, 0) is 50.5 Å². The number of carbonyl (C=O) groups is 1. The zero-order valence-corrected chi connectivity index (χ0v) is 13.7. The molecule has 21 heavy (non-hydrogen) atoms. The van der Waals surface area contributed by atoms with E-state index in [4.69, 9.17) is 0 Å². The van der Waals surface area contributed by atoms with Crippen LogP contribution in [0.4, 0.5) is 5.69 Å². The molecule has 1 aromatic heterocycles. The average molecular weight is 307 g/mol. The highest BCUT2D eigenvalue weighted by molar-refractivity contribution is 7.99. The maximum absolute atomic E-state index is 12.2. The van der Waals surface area contributed by atoms with E-state index >= 15 is 0 Å². The number of hydrogen-bond acceptors (Lipinski definition) is 4. The molecule has 1 aromatic rings. The zero-order valence-electron chi connectivity index (χ0n) is 12.9. The first-order valence-electron chi connectivity index (χ1n) is 7.76. The first kappa shape index (κ1) is 16.1. The Balaban J connectivity index is 1.83. The van der Waals surface area contributed by atoms with Gasteiger partial charge in [0.15, 0.2) is 0 Å². The van der Waals surface area contributed by atoms with Gasteiger partial charge < -0.3 is 10.6 Å². The van der Waals surface area contributed by atoms with Crippen LogP contribution < -0.4 is 10.6 Å². The van der Waals surface area contributed by atoms with Gasteiger partial charge in [0.1, 0.15) is 5.69 Å². The van der Waals surface area contributed by atoms with E-state index in [-0.39, 0.29) is 5.91 Å². The van der Waals surface area contributed by atoms with Gasteiger partial charge in [0.25, 0.3) is 5.91 Å². The number of pyridine rings is 1. The molecule has 4 nitrogen and oxygen atoms in total. The number of amides is 1. The Morgan fingerprint density at radius 1 is 1.33 bits per heavy atom. The van der Waals surface area contributed by atoms with E-state index in [0.29, 0.717) is 11.7 Å². The van der Waals surface area contributed by atoms with Crippen molar-refractivity contribution in [2.45, 2.75) is 50.3 Å². The molecule has 0 aromatic carbocycles. The summed E-state index contributed by atoms with van der Waals surface area (Å²) in [5, 5.41) is 7.13. The number of carbonyl (C=O) groups excluding carboxylic acids is 1. The third kappa shape index (κ3) is 4.92. The van der Waals surface area contributed by atoms with Gasteiger partial charge in [-0.1, -0.05) is 6.92 Å². The van der Waals surface area contributed by atoms with Crippen molar-refractivity contribution in [1.82, 2.24) is 10.3 Å². The lowest BCUT2D eigenvalue weighted by Gasteiger charge is -2.27. The first-order chi connectivity index (χ1) is 10.2. The molecule has 5 heteroatoms. The van der Waals surface area contributed by atoms with Crippen molar-refractivity contribution in [3.63, 3.8) is 0 Å². The molecule has 116 valence electrons. The SMILES string of the molecule is CCCNc1ccc(C(=O)NC2CCC(SC)CC2)nc1. The van der Waals surface area contributed by atoms with Crippen LogP contribution in [0, 0.1) is 0 Å². The monoisotopic (exact) mass is 307 g/mol. The molecular weight excluding hydrogens is 282 g/mol. The maximum atomic E-state index is 12.2. The number of hydrogen-bond donors (Lipinski definition) is 2. The summed E-state index contributed by atoms with van der Waals surface area (Å²) in [5.74, 6) is -0.0513. The highest BCUT2D eigenvalue weighted by Gasteiger charge is 2.22. The van der Waals surface area contributed by atoms with Crippen molar-refractivity contribution in [1.29, 1.82) is 0 Å². The van der Waals surface area contributed by atoms with Gasteiger partial charge in [-0.15, -0.1) is 0 Å². The lowest BCUT2D eigenvalue weighted by Crippen LogP contribution is -2.38. The molecule has 0 radical (unpaired) electrons. The second-order valence-electron chi connectivity index (χ2n) is 5.54. The van der Waals surface area contributed by atoms with Gasteiger partial charge in [0.05, 0.1) is 11.9 Å². The topological polar surface area (TPSA) is 54.0 Å². The van der Waals surface area contributed by atoms with E-state index in [1.807, 2.05) is 17.8 Å². The van der Waals surface area contributed by atoms with E-state index in [2.05, 4.69) is 28.8 Å². The van der Waals surface area contributed by atoms with Crippen molar-refractivity contribution >= 4 is 23.4 Å². The second kappa shape index (κ2) is 8.27. The first-order valence-corrected chi connectivity index (χ1v) is 9.05. The zero-order chi connectivity index (χ0) is 15.1. The third-order valence-corrected chi connectivity index (χ3v) is 5.06. The summed E-state index contributed by atoms with van der Waals surface area (Å²) in [6.45, 7) is 3.04. The fraction of sp³-hybridized carbons (Fsp3) is 0.625. The molecule has 1 aliphatic carbocycles. The minimum absolute atomic E-state index is 0.0513. The van der Waals surface area contributed by atoms with Gasteiger partial charge in [-0.3, -0.25) is 4.79 Å². The van der Waals surface area contributed by atoms with Crippen LogP contribution in [-0.2, 0) is 0 Å². The summed E-state index contributed by atoms with van der Waals surface area (Å²) in [5.41, 5.74) is 1.47. The van der Waals surface area contributed by atoms with Gasteiger partial charge >= 0.3 is 0 Å². The Kier molecular flexibility index (Phi) is 6.36. The van der Waals surface area contributed by atoms with Crippen LogP contribution in [0.25, 0.3) is 0 Å². The fourth-order valence-corrected chi connectivity index (χ4v) is 3.35. The van der Waals surface area contributed by atoms with Crippen LogP contribution in [0.5, 0.6) is 0 Å². The Bertz CT molecular complexity index is 441. The molecule has 2 N–H and O–H groups in total. The summed E-state index contributed by atoms with van der Waals surface area (Å²) in [6, 6.07) is 4.02. The van der Waals surface area contributed by atoms with Crippen LogP contribution >= 0.6 is 11.8 Å². The summed E-state index contributed by atoms with van der Waals surface area (Å²) < 4.78 is 0. The number of rotatable bonds is 6. The normalized spacial score (nSPS) is 21.8. The second-order valence-corrected chi connectivity index (χ2v) is 6.68. The molecule has 1 aliphatic rings. The molecule has 2 rings (SSSR count). The number of aromatic nitrogens is 1. The smallest absolute Gasteiger partial charge is 0.270 e. The Hall–Kier alpha value is -1.23. The predicted molar refractivity (Wildman–Crippen MR) is 90.0 cm³/mol. The van der Waals surface area contributed by atoms with Crippen molar-refractivity contribution in [2.75, 3.05) is 18.1 Å². The van der Waals surface area contributed by atoms with Gasteiger partial charge in [0.2, 0.25) is 0 Å². The molecule has 0 spiro atoms. The van der Waals surface area contributed by atoms with E-state index in [1.54, 1.807) is 12.3 Å². The lowest BCUT2D eigenvalue weighted by atomic mass is 9.95. The summed E-state index contributed by atoms with van der Waals surface area (Å²) >= 11 is 1.94. The molecule has 1 saturated carbocycles. The van der Waals surface area contributed by atoms with Crippen LogP contribution in [0.15, 0.2) is 18.3 Å². The van der Waals surface area contributed by atoms with Crippen molar-refractivity contribution in [3.8, 4) is 0 Å². The number of thioether (sulfide) groups is 1. The number of anilines is 1. The minimum Gasteiger partial charge on any atom is -0.384 e. The predicted octanol–water partition coefficient (Wildman–Crippen LogP) is 3.31. The van der Waals surface area contributed by atoms with Crippen LogP contribution in [0.1, 0.15) is 49.5 Å². The Morgan fingerprint density at radius 2 is 2.10 bits per heavy atom. The summed E-state index contributed by atoms with van der Waals surface area (Å²) in [4.78, 5) is 16.4. The van der Waals surface area contributed by atoms with Crippen LogP contribution in [0.3, 0.4) is 0 Å². The average Bonchev–Trinajstić information content (AvgIpc) is 2.54. The maximum Gasteiger partial charge on any atom is 0.270 e. The van der Waals surface area contributed by atoms with Crippen LogP contribution in [0.2, 0.25) is 0 Å². The molecule has 0 aliphatic heterocycles. The summed E-state index contributed by atoms with van der Waals surface area (Å²) in [7, 11) is 0. The standard InChI is InChI=1S/C16H25N3OS/c1-3-10-17-13-6-9-15(18-11-13)16(20)19-12-4-7-14(21-2)8-5-12/h6,9,11-12,14,17H,3-5,7-8,10H2,1-2H3,(H,19,20). The number of nitrogens with zero attached hydrogens (tertiary/aromatic N) is 1. The Morgan fingerprint density at radius 3 is 2.67 bits per heavy atom. The fourth-order valence-electron chi connectivity index (χ4n) is 2.60. The molecule has 0 bridgehead atoms. The molecule has 1 fully saturated rings. The molecule has 1 heterocycles. The van der Waals surface area contributed by atoms with Crippen LogP contribution in [-0.4, -0.2) is 35.0 Å². The summed E-state index contributed by atoms with van der Waals surface area (Å²) in [6.07, 6.45) is 9.51. The lowest BCUT2D eigenvalue weighted by molar-refractivity contribution is 0.0923. The van der Waals surface area contributed by atoms with Crippen molar-refractivity contribution < 1.29 is 4.79 Å².